The van der Waals surface area contributed by atoms with E-state index in [0.29, 0.717) is 13.0 Å². The Morgan fingerprint density at radius 1 is 1.07 bits per heavy atom. The molecule has 0 aliphatic heterocycles. The standard InChI is InChI=1S/C24H35NO3/c1-6-9-16-24(5,27-17-7-2)23(26)25-21-14-15-22(28-18(4)8-3)20-13-11-10-12-19(20)21/h10-15,18H,6-9,16-17H2,1-5H3,(H,25,26). The van der Waals surface area contributed by atoms with Gasteiger partial charge in [-0.1, -0.05) is 57.9 Å². The van der Waals surface area contributed by atoms with Crippen LogP contribution in [0.4, 0.5) is 5.69 Å². The Balaban J connectivity index is 2.31. The van der Waals surface area contributed by atoms with Gasteiger partial charge in [-0.2, -0.15) is 0 Å². The van der Waals surface area contributed by atoms with Crippen molar-refractivity contribution in [3.05, 3.63) is 36.4 Å². The maximum atomic E-state index is 13.1. The van der Waals surface area contributed by atoms with Crippen LogP contribution < -0.4 is 10.1 Å². The van der Waals surface area contributed by atoms with Crippen LogP contribution >= 0.6 is 0 Å². The van der Waals surface area contributed by atoms with Gasteiger partial charge in [0.25, 0.3) is 5.91 Å². The fraction of sp³-hybridized carbons (Fsp3) is 0.542. The van der Waals surface area contributed by atoms with Gasteiger partial charge in [-0.15, -0.1) is 0 Å². The summed E-state index contributed by atoms with van der Waals surface area (Å²) in [6.07, 6.45) is 4.67. The summed E-state index contributed by atoms with van der Waals surface area (Å²) in [6, 6.07) is 11.9. The van der Waals surface area contributed by atoms with Crippen molar-refractivity contribution in [2.24, 2.45) is 0 Å². The lowest BCUT2D eigenvalue weighted by molar-refractivity contribution is -0.140. The van der Waals surface area contributed by atoms with Crippen LogP contribution in [0.15, 0.2) is 36.4 Å². The second-order valence-electron chi connectivity index (χ2n) is 7.63. The minimum Gasteiger partial charge on any atom is -0.490 e. The predicted molar refractivity (Wildman–Crippen MR) is 117 cm³/mol. The molecule has 4 heteroatoms. The van der Waals surface area contributed by atoms with Crippen molar-refractivity contribution in [3.63, 3.8) is 0 Å². The molecule has 1 N–H and O–H groups in total. The molecule has 4 nitrogen and oxygen atoms in total. The maximum absolute atomic E-state index is 13.1. The van der Waals surface area contributed by atoms with Gasteiger partial charge in [0.15, 0.2) is 0 Å². The van der Waals surface area contributed by atoms with E-state index in [9.17, 15) is 4.79 Å². The molecule has 0 heterocycles. The SMILES string of the molecule is CCCCC(C)(OCCC)C(=O)Nc1ccc(OC(C)CC)c2ccccc12. The molecule has 0 aliphatic carbocycles. The van der Waals surface area contributed by atoms with Crippen LogP contribution in [0.2, 0.25) is 0 Å². The highest BCUT2D eigenvalue weighted by atomic mass is 16.5. The van der Waals surface area contributed by atoms with Crippen molar-refractivity contribution in [2.45, 2.75) is 78.4 Å². The number of carbonyl (C=O) groups excluding carboxylic acids is 1. The zero-order chi connectivity index (χ0) is 20.6. The Kier molecular flexibility index (Phi) is 8.31. The number of ether oxygens (including phenoxy) is 2. The van der Waals surface area contributed by atoms with E-state index >= 15 is 0 Å². The van der Waals surface area contributed by atoms with E-state index in [0.717, 1.165) is 47.9 Å². The van der Waals surface area contributed by atoms with E-state index in [1.54, 1.807) is 0 Å². The Bertz CT molecular complexity index is 764. The van der Waals surface area contributed by atoms with E-state index in [2.05, 4.69) is 33.0 Å². The number of nitrogens with one attached hydrogen (secondary N) is 1. The molecule has 2 aromatic carbocycles. The monoisotopic (exact) mass is 385 g/mol. The predicted octanol–water partition coefficient (Wildman–Crippen LogP) is 6.33. The summed E-state index contributed by atoms with van der Waals surface area (Å²) >= 11 is 0. The molecule has 0 radical (unpaired) electrons. The summed E-state index contributed by atoms with van der Waals surface area (Å²) < 4.78 is 12.1. The van der Waals surface area contributed by atoms with Gasteiger partial charge in [0, 0.05) is 23.1 Å². The molecule has 2 rings (SSSR count). The Morgan fingerprint density at radius 3 is 2.43 bits per heavy atom. The van der Waals surface area contributed by atoms with Crippen LogP contribution in [0.5, 0.6) is 5.75 Å². The first-order chi connectivity index (χ1) is 13.4. The third-order valence-corrected chi connectivity index (χ3v) is 5.15. The van der Waals surface area contributed by atoms with Crippen molar-refractivity contribution in [1.82, 2.24) is 0 Å². The first-order valence-electron chi connectivity index (χ1n) is 10.6. The molecule has 154 valence electrons. The van der Waals surface area contributed by atoms with Crippen molar-refractivity contribution in [2.75, 3.05) is 11.9 Å². The molecule has 28 heavy (non-hydrogen) atoms. The zero-order valence-corrected chi connectivity index (χ0v) is 18.0. The molecule has 0 aliphatic rings. The number of anilines is 1. The lowest BCUT2D eigenvalue weighted by Crippen LogP contribution is -2.43. The summed E-state index contributed by atoms with van der Waals surface area (Å²) in [6.45, 7) is 10.8. The number of amides is 1. The smallest absolute Gasteiger partial charge is 0.256 e. The highest BCUT2D eigenvalue weighted by molar-refractivity contribution is 6.06. The lowest BCUT2D eigenvalue weighted by atomic mass is 9.97. The Hall–Kier alpha value is -2.07. The number of hydrogen-bond acceptors (Lipinski definition) is 3. The van der Waals surface area contributed by atoms with E-state index in [-0.39, 0.29) is 12.0 Å². The van der Waals surface area contributed by atoms with Crippen LogP contribution in [0, 0.1) is 0 Å². The van der Waals surface area contributed by atoms with E-state index in [4.69, 9.17) is 9.47 Å². The van der Waals surface area contributed by atoms with Crippen molar-refractivity contribution in [1.29, 1.82) is 0 Å². The fourth-order valence-corrected chi connectivity index (χ4v) is 3.13. The van der Waals surface area contributed by atoms with Crippen LogP contribution in [-0.2, 0) is 9.53 Å². The summed E-state index contributed by atoms with van der Waals surface area (Å²) in [4.78, 5) is 13.1. The number of hydrogen-bond donors (Lipinski definition) is 1. The molecule has 1 amide bonds. The highest BCUT2D eigenvalue weighted by Gasteiger charge is 2.33. The Morgan fingerprint density at radius 2 is 1.79 bits per heavy atom. The van der Waals surface area contributed by atoms with Gasteiger partial charge in [-0.25, -0.2) is 0 Å². The summed E-state index contributed by atoms with van der Waals surface area (Å²) in [5.74, 6) is 0.758. The quantitative estimate of drug-likeness (QED) is 0.491. The molecule has 2 unspecified atom stereocenters. The zero-order valence-electron chi connectivity index (χ0n) is 18.0. The first kappa shape index (κ1) is 22.2. The molecule has 0 saturated heterocycles. The number of carbonyl (C=O) groups is 1. The second-order valence-corrected chi connectivity index (χ2v) is 7.63. The van der Waals surface area contributed by atoms with Crippen molar-refractivity contribution < 1.29 is 14.3 Å². The number of rotatable bonds is 11. The highest BCUT2D eigenvalue weighted by Crippen LogP contribution is 2.33. The van der Waals surface area contributed by atoms with Gasteiger partial charge in [0.1, 0.15) is 11.4 Å². The fourth-order valence-electron chi connectivity index (χ4n) is 3.13. The van der Waals surface area contributed by atoms with Crippen LogP contribution in [0.3, 0.4) is 0 Å². The largest absolute Gasteiger partial charge is 0.490 e. The van der Waals surface area contributed by atoms with Crippen LogP contribution in [-0.4, -0.2) is 24.2 Å². The topological polar surface area (TPSA) is 47.6 Å². The third kappa shape index (κ3) is 5.48. The Labute approximate surface area is 169 Å². The third-order valence-electron chi connectivity index (χ3n) is 5.15. The number of benzene rings is 2. The lowest BCUT2D eigenvalue weighted by Gasteiger charge is -2.29. The van der Waals surface area contributed by atoms with Gasteiger partial charge in [-0.3, -0.25) is 4.79 Å². The minimum atomic E-state index is -0.820. The van der Waals surface area contributed by atoms with Crippen molar-refractivity contribution >= 4 is 22.4 Å². The molecule has 0 fully saturated rings. The molecule has 0 aromatic heterocycles. The normalized spacial score (nSPS) is 14.5. The average Bonchev–Trinajstić information content (AvgIpc) is 2.72. The van der Waals surface area contributed by atoms with E-state index < -0.39 is 5.60 Å². The van der Waals surface area contributed by atoms with Gasteiger partial charge in [0.05, 0.1) is 6.10 Å². The first-order valence-corrected chi connectivity index (χ1v) is 10.6. The maximum Gasteiger partial charge on any atom is 0.256 e. The van der Waals surface area contributed by atoms with Crippen LogP contribution in [0.25, 0.3) is 10.8 Å². The minimum absolute atomic E-state index is 0.0878. The average molecular weight is 386 g/mol. The van der Waals surface area contributed by atoms with Crippen molar-refractivity contribution in [3.8, 4) is 5.75 Å². The summed E-state index contributed by atoms with van der Waals surface area (Å²) in [7, 11) is 0. The van der Waals surface area contributed by atoms with Gasteiger partial charge < -0.3 is 14.8 Å². The summed E-state index contributed by atoms with van der Waals surface area (Å²) in [5, 5.41) is 5.10. The molecule has 0 spiro atoms. The molecule has 2 atom stereocenters. The molecular formula is C24H35NO3. The molecular weight excluding hydrogens is 350 g/mol. The van der Waals surface area contributed by atoms with Gasteiger partial charge in [0.2, 0.25) is 0 Å². The number of fused-ring (bicyclic) bond motifs is 1. The molecule has 0 saturated carbocycles. The number of unbranched alkanes of at least 4 members (excludes halogenated alkanes) is 1. The second kappa shape index (κ2) is 10.5. The van der Waals surface area contributed by atoms with E-state index in [1.165, 1.54) is 0 Å². The van der Waals surface area contributed by atoms with Gasteiger partial charge >= 0.3 is 0 Å². The molecule has 2 aromatic rings. The molecule has 0 bridgehead atoms. The van der Waals surface area contributed by atoms with Crippen LogP contribution in [0.1, 0.15) is 66.7 Å². The summed E-state index contributed by atoms with van der Waals surface area (Å²) in [5.41, 5.74) is -0.0288. The van der Waals surface area contributed by atoms with E-state index in [1.807, 2.05) is 43.3 Å². The van der Waals surface area contributed by atoms with Gasteiger partial charge in [-0.05, 0) is 45.2 Å².